The fourth-order valence-corrected chi connectivity index (χ4v) is 2.02. The number of nitrogens with two attached hydrogens (primary N) is 1. The molecule has 7 heteroatoms. The minimum Gasteiger partial charge on any atom is -0.473 e. The Balaban J connectivity index is 2.11. The number of alkyl halides is 1. The molecule has 0 saturated carbocycles. The second kappa shape index (κ2) is 5.88. The first kappa shape index (κ1) is 14.1. The summed E-state index contributed by atoms with van der Waals surface area (Å²) in [5.74, 6) is -0.172. The number of fused-ring (bicyclic) bond motifs is 1. The molecular weight excluding hydrogens is 290 g/mol. The number of rotatable bonds is 4. The highest BCUT2D eigenvalue weighted by Gasteiger charge is 2.11. The molecule has 0 saturated heterocycles. The standard InChI is InChI=1S/C15H12F2N4O/c16-7-8-22-14-13-12(20-15(18)21-14)6-5-11(19-13)9-1-3-10(17)4-2-9/h1-6H,7-8H2,(H2,18,20,21). The van der Waals surface area contributed by atoms with Crippen molar-refractivity contribution in [3.8, 4) is 17.1 Å². The van der Waals surface area contributed by atoms with Crippen molar-refractivity contribution in [2.24, 2.45) is 0 Å². The third kappa shape index (κ3) is 2.78. The molecule has 0 unspecified atom stereocenters. The largest absolute Gasteiger partial charge is 0.473 e. The van der Waals surface area contributed by atoms with E-state index in [1.54, 1.807) is 24.3 Å². The molecule has 0 radical (unpaired) electrons. The second-order valence-electron chi connectivity index (χ2n) is 4.50. The van der Waals surface area contributed by atoms with E-state index >= 15 is 0 Å². The van der Waals surface area contributed by atoms with Crippen molar-refractivity contribution in [3.63, 3.8) is 0 Å². The Morgan fingerprint density at radius 1 is 1.00 bits per heavy atom. The smallest absolute Gasteiger partial charge is 0.245 e. The lowest BCUT2D eigenvalue weighted by atomic mass is 10.1. The molecule has 0 bridgehead atoms. The lowest BCUT2D eigenvalue weighted by Gasteiger charge is -2.08. The quantitative estimate of drug-likeness (QED) is 0.802. The molecule has 112 valence electrons. The molecule has 1 aromatic carbocycles. The van der Waals surface area contributed by atoms with Crippen molar-refractivity contribution in [1.29, 1.82) is 0 Å². The van der Waals surface area contributed by atoms with Crippen molar-refractivity contribution in [2.45, 2.75) is 0 Å². The number of hydrogen-bond acceptors (Lipinski definition) is 5. The summed E-state index contributed by atoms with van der Waals surface area (Å²) < 4.78 is 30.5. The maximum atomic E-state index is 13.0. The van der Waals surface area contributed by atoms with Crippen LogP contribution in [0.3, 0.4) is 0 Å². The summed E-state index contributed by atoms with van der Waals surface area (Å²) in [6, 6.07) is 9.37. The van der Waals surface area contributed by atoms with Crippen LogP contribution in [0.15, 0.2) is 36.4 Å². The number of hydrogen-bond donors (Lipinski definition) is 1. The summed E-state index contributed by atoms with van der Waals surface area (Å²) in [6.07, 6.45) is 0. The van der Waals surface area contributed by atoms with Crippen LogP contribution in [0, 0.1) is 5.82 Å². The minimum absolute atomic E-state index is 0.0256. The Hall–Kier alpha value is -2.83. The van der Waals surface area contributed by atoms with Gasteiger partial charge in [-0.25, -0.2) is 18.7 Å². The van der Waals surface area contributed by atoms with Gasteiger partial charge in [-0.2, -0.15) is 4.98 Å². The van der Waals surface area contributed by atoms with Crippen molar-refractivity contribution >= 4 is 17.0 Å². The fraction of sp³-hybridized carbons (Fsp3) is 0.133. The Kier molecular flexibility index (Phi) is 3.78. The van der Waals surface area contributed by atoms with Gasteiger partial charge in [0.25, 0.3) is 0 Å². The van der Waals surface area contributed by atoms with E-state index in [0.717, 1.165) is 5.56 Å². The molecule has 0 spiro atoms. The predicted octanol–water partition coefficient (Wildman–Crippen LogP) is 2.76. The van der Waals surface area contributed by atoms with E-state index < -0.39 is 6.67 Å². The molecule has 2 heterocycles. The van der Waals surface area contributed by atoms with Crippen LogP contribution in [0.2, 0.25) is 0 Å². The van der Waals surface area contributed by atoms with Gasteiger partial charge in [0.05, 0.1) is 11.2 Å². The monoisotopic (exact) mass is 302 g/mol. The van der Waals surface area contributed by atoms with Crippen LogP contribution in [-0.4, -0.2) is 28.2 Å². The number of pyridine rings is 1. The van der Waals surface area contributed by atoms with Gasteiger partial charge in [-0.15, -0.1) is 0 Å². The molecule has 2 N–H and O–H groups in total. The van der Waals surface area contributed by atoms with Gasteiger partial charge in [0.15, 0.2) is 5.52 Å². The second-order valence-corrected chi connectivity index (χ2v) is 4.50. The first-order chi connectivity index (χ1) is 10.7. The van der Waals surface area contributed by atoms with Gasteiger partial charge in [0.1, 0.15) is 19.1 Å². The lowest BCUT2D eigenvalue weighted by molar-refractivity contribution is 0.267. The zero-order valence-electron chi connectivity index (χ0n) is 11.5. The Bertz CT molecular complexity index is 808. The molecule has 0 aliphatic heterocycles. The van der Waals surface area contributed by atoms with E-state index in [0.29, 0.717) is 16.7 Å². The normalized spacial score (nSPS) is 10.8. The lowest BCUT2D eigenvalue weighted by Crippen LogP contribution is -2.05. The first-order valence-electron chi connectivity index (χ1n) is 6.56. The van der Waals surface area contributed by atoms with Gasteiger partial charge < -0.3 is 10.5 Å². The predicted molar refractivity (Wildman–Crippen MR) is 78.6 cm³/mol. The number of aromatic nitrogens is 3. The maximum Gasteiger partial charge on any atom is 0.245 e. The van der Waals surface area contributed by atoms with Crippen molar-refractivity contribution in [3.05, 3.63) is 42.2 Å². The number of nitrogens with zero attached hydrogens (tertiary/aromatic N) is 3. The van der Waals surface area contributed by atoms with Gasteiger partial charge in [-0.3, -0.25) is 0 Å². The highest BCUT2D eigenvalue weighted by molar-refractivity contribution is 5.83. The molecule has 3 rings (SSSR count). The van der Waals surface area contributed by atoms with Gasteiger partial charge in [0.2, 0.25) is 11.8 Å². The summed E-state index contributed by atoms with van der Waals surface area (Å²) in [4.78, 5) is 12.4. The van der Waals surface area contributed by atoms with Gasteiger partial charge in [0, 0.05) is 5.56 Å². The third-order valence-corrected chi connectivity index (χ3v) is 2.98. The molecule has 0 atom stereocenters. The average molecular weight is 302 g/mol. The van der Waals surface area contributed by atoms with Crippen LogP contribution in [-0.2, 0) is 0 Å². The van der Waals surface area contributed by atoms with Crippen LogP contribution >= 0.6 is 0 Å². The van der Waals surface area contributed by atoms with E-state index in [1.807, 2.05) is 0 Å². The van der Waals surface area contributed by atoms with Crippen LogP contribution < -0.4 is 10.5 Å². The molecule has 0 aliphatic carbocycles. The van der Waals surface area contributed by atoms with Crippen LogP contribution in [0.5, 0.6) is 5.88 Å². The topological polar surface area (TPSA) is 73.9 Å². The molecular formula is C15H12F2N4O. The number of benzene rings is 1. The molecule has 0 fully saturated rings. The van der Waals surface area contributed by atoms with E-state index in [1.165, 1.54) is 12.1 Å². The Morgan fingerprint density at radius 3 is 2.50 bits per heavy atom. The highest BCUT2D eigenvalue weighted by Crippen LogP contribution is 2.25. The zero-order chi connectivity index (χ0) is 15.5. The fourth-order valence-electron chi connectivity index (χ4n) is 2.02. The van der Waals surface area contributed by atoms with E-state index in [4.69, 9.17) is 10.5 Å². The van der Waals surface area contributed by atoms with Crippen molar-refractivity contribution < 1.29 is 13.5 Å². The van der Waals surface area contributed by atoms with Gasteiger partial charge >= 0.3 is 0 Å². The summed E-state index contributed by atoms with van der Waals surface area (Å²) in [5.41, 5.74) is 7.80. The molecule has 0 aliphatic rings. The average Bonchev–Trinajstić information content (AvgIpc) is 2.53. The number of nitrogen functional groups attached to an aromatic ring is 1. The summed E-state index contributed by atoms with van der Waals surface area (Å²) in [6.45, 7) is -0.795. The summed E-state index contributed by atoms with van der Waals surface area (Å²) in [5, 5.41) is 0. The van der Waals surface area contributed by atoms with E-state index in [-0.39, 0.29) is 24.3 Å². The molecule has 3 aromatic rings. The van der Waals surface area contributed by atoms with Crippen molar-refractivity contribution in [2.75, 3.05) is 19.0 Å². The SMILES string of the molecule is Nc1nc(OCCF)c2nc(-c3ccc(F)cc3)ccc2n1. The molecule has 5 nitrogen and oxygen atoms in total. The maximum absolute atomic E-state index is 13.0. The Morgan fingerprint density at radius 2 is 1.77 bits per heavy atom. The summed E-state index contributed by atoms with van der Waals surface area (Å²) in [7, 11) is 0. The summed E-state index contributed by atoms with van der Waals surface area (Å²) >= 11 is 0. The van der Waals surface area contributed by atoms with Gasteiger partial charge in [-0.05, 0) is 36.4 Å². The number of halogens is 2. The van der Waals surface area contributed by atoms with Crippen LogP contribution in [0.25, 0.3) is 22.3 Å². The minimum atomic E-state index is -0.650. The highest BCUT2D eigenvalue weighted by atomic mass is 19.1. The third-order valence-electron chi connectivity index (χ3n) is 2.98. The molecule has 0 amide bonds. The number of anilines is 1. The zero-order valence-corrected chi connectivity index (χ0v) is 11.5. The van der Waals surface area contributed by atoms with Crippen molar-refractivity contribution in [1.82, 2.24) is 15.0 Å². The van der Waals surface area contributed by atoms with E-state index in [9.17, 15) is 8.78 Å². The molecule has 2 aromatic heterocycles. The molecule has 22 heavy (non-hydrogen) atoms. The van der Waals surface area contributed by atoms with E-state index in [2.05, 4.69) is 15.0 Å². The van der Waals surface area contributed by atoms with Crippen LogP contribution in [0.1, 0.15) is 0 Å². The first-order valence-corrected chi connectivity index (χ1v) is 6.56. The van der Waals surface area contributed by atoms with Gasteiger partial charge in [-0.1, -0.05) is 0 Å². The Labute approximate surface area is 124 Å². The number of ether oxygens (including phenoxy) is 1. The van der Waals surface area contributed by atoms with Crippen LogP contribution in [0.4, 0.5) is 14.7 Å².